The van der Waals surface area contributed by atoms with Crippen LogP contribution in [-0.4, -0.2) is 80.1 Å². The lowest BCUT2D eigenvalue weighted by molar-refractivity contribution is 0.228. The number of H-pyrrole nitrogens is 1. The Morgan fingerprint density at radius 1 is 1.16 bits per heavy atom. The van der Waals surface area contributed by atoms with Crippen molar-refractivity contribution in [3.05, 3.63) is 28.8 Å². The van der Waals surface area contributed by atoms with Gasteiger partial charge in [0.15, 0.2) is 11.0 Å². The molecule has 0 amide bonds. The maximum Gasteiger partial charge on any atom is 0.196 e. The van der Waals surface area contributed by atoms with Gasteiger partial charge >= 0.3 is 0 Å². The average Bonchev–Trinajstić information content (AvgIpc) is 3.46. The molecule has 6 N–H and O–H groups in total. The SMILES string of the molecule is CCc1[nH]c2nc(Sc3cnc4c(N)nc(CN5CCNCC5)nc4c3)nc(N3CC[C@@H](N)C3)c2c1Cl. The summed E-state index contributed by atoms with van der Waals surface area (Å²) in [6.07, 6.45) is 3.46. The minimum absolute atomic E-state index is 0.120. The first-order valence-electron chi connectivity index (χ1n) is 12.6. The normalized spacial score (nSPS) is 18.9. The maximum atomic E-state index is 6.74. The lowest BCUT2D eigenvalue weighted by Gasteiger charge is -2.26. The van der Waals surface area contributed by atoms with E-state index in [4.69, 9.17) is 38.0 Å². The molecule has 11 nitrogen and oxygen atoms in total. The van der Waals surface area contributed by atoms with Crippen molar-refractivity contribution in [1.82, 2.24) is 40.1 Å². The number of fused-ring (bicyclic) bond motifs is 2. The van der Waals surface area contributed by atoms with E-state index in [9.17, 15) is 0 Å². The van der Waals surface area contributed by atoms with E-state index >= 15 is 0 Å². The predicted molar refractivity (Wildman–Crippen MR) is 147 cm³/mol. The first kappa shape index (κ1) is 24.6. The van der Waals surface area contributed by atoms with Crippen LogP contribution in [0.2, 0.25) is 5.02 Å². The Balaban J connectivity index is 1.34. The Hall–Kier alpha value is -2.77. The summed E-state index contributed by atoms with van der Waals surface area (Å²) in [5.74, 6) is 1.92. The van der Waals surface area contributed by atoms with Crippen LogP contribution in [-0.2, 0) is 13.0 Å². The van der Waals surface area contributed by atoms with Crippen molar-refractivity contribution < 1.29 is 0 Å². The lowest BCUT2D eigenvalue weighted by atomic mass is 10.3. The van der Waals surface area contributed by atoms with E-state index in [0.29, 0.717) is 39.4 Å². The number of aromatic nitrogens is 6. The number of piperazine rings is 1. The zero-order chi connectivity index (χ0) is 25.5. The molecule has 1 atom stereocenters. The smallest absolute Gasteiger partial charge is 0.196 e. The van der Waals surface area contributed by atoms with Crippen molar-refractivity contribution in [2.24, 2.45) is 5.73 Å². The van der Waals surface area contributed by atoms with Gasteiger partial charge in [-0.25, -0.2) is 24.9 Å². The highest BCUT2D eigenvalue weighted by Gasteiger charge is 2.26. The molecule has 0 aliphatic carbocycles. The predicted octanol–water partition coefficient (Wildman–Crippen LogP) is 2.19. The average molecular weight is 540 g/mol. The summed E-state index contributed by atoms with van der Waals surface area (Å²) in [7, 11) is 0. The van der Waals surface area contributed by atoms with Crippen molar-refractivity contribution >= 4 is 57.1 Å². The first-order valence-corrected chi connectivity index (χ1v) is 13.8. The minimum Gasteiger partial charge on any atom is -0.382 e. The van der Waals surface area contributed by atoms with E-state index in [0.717, 1.165) is 79.6 Å². The standard InChI is InChI=1S/C24H30ClN11S/c1-2-15-19(25)18-22(31-15)33-24(34-23(18)36-6-3-13(26)11-36)37-14-9-16-20(29-10-14)21(27)32-17(30-16)12-35-7-4-28-5-8-35/h9-10,13,28H,2-8,11-12,26H2,1H3,(H2,27,30,32)(H,31,33,34)/t13-/m1/s1. The van der Waals surface area contributed by atoms with Gasteiger partial charge in [0.2, 0.25) is 0 Å². The van der Waals surface area contributed by atoms with Crippen LogP contribution < -0.4 is 21.7 Å². The summed E-state index contributed by atoms with van der Waals surface area (Å²) < 4.78 is 0. The van der Waals surface area contributed by atoms with Crippen molar-refractivity contribution in [3.8, 4) is 0 Å². The van der Waals surface area contributed by atoms with Gasteiger partial charge in [0.25, 0.3) is 0 Å². The van der Waals surface area contributed by atoms with E-state index in [1.165, 1.54) is 11.8 Å². The molecule has 4 aromatic rings. The number of aromatic amines is 1. The number of nitrogens with zero attached hydrogens (tertiary/aromatic N) is 7. The number of nitrogens with one attached hydrogen (secondary N) is 2. The number of hydrogen-bond donors (Lipinski definition) is 4. The monoisotopic (exact) mass is 539 g/mol. The zero-order valence-electron chi connectivity index (χ0n) is 20.7. The molecule has 194 valence electrons. The molecule has 2 aliphatic heterocycles. The van der Waals surface area contributed by atoms with E-state index in [1.807, 2.05) is 6.07 Å². The number of hydrogen-bond acceptors (Lipinski definition) is 11. The molecule has 0 radical (unpaired) electrons. The number of halogens is 1. The first-order chi connectivity index (χ1) is 18.0. The van der Waals surface area contributed by atoms with Gasteiger partial charge in [0.1, 0.15) is 22.8 Å². The van der Waals surface area contributed by atoms with Gasteiger partial charge in [-0.3, -0.25) is 4.90 Å². The number of anilines is 2. The Morgan fingerprint density at radius 3 is 2.76 bits per heavy atom. The van der Waals surface area contributed by atoms with Crippen molar-refractivity contribution in [2.75, 3.05) is 49.9 Å². The lowest BCUT2D eigenvalue weighted by Crippen LogP contribution is -2.43. The van der Waals surface area contributed by atoms with Crippen molar-refractivity contribution in [1.29, 1.82) is 0 Å². The van der Waals surface area contributed by atoms with Crippen molar-refractivity contribution in [3.63, 3.8) is 0 Å². The number of nitrogens with two attached hydrogens (primary N) is 2. The number of aryl methyl sites for hydroxylation is 1. The van der Waals surface area contributed by atoms with Gasteiger partial charge in [0, 0.05) is 62.1 Å². The zero-order valence-corrected chi connectivity index (χ0v) is 22.2. The van der Waals surface area contributed by atoms with Crippen LogP contribution >= 0.6 is 23.4 Å². The molecule has 2 aliphatic rings. The van der Waals surface area contributed by atoms with E-state index in [2.05, 4.69) is 37.0 Å². The van der Waals surface area contributed by atoms with Crippen molar-refractivity contribution in [2.45, 2.75) is 42.4 Å². The van der Waals surface area contributed by atoms with Crippen LogP contribution in [0.3, 0.4) is 0 Å². The summed E-state index contributed by atoms with van der Waals surface area (Å²) in [5.41, 5.74) is 15.4. The fourth-order valence-corrected chi connectivity index (χ4v) is 6.05. The molecule has 13 heteroatoms. The maximum absolute atomic E-state index is 6.74. The molecule has 0 spiro atoms. The molecule has 6 heterocycles. The van der Waals surface area contributed by atoms with Crippen LogP contribution in [0.4, 0.5) is 11.6 Å². The molecule has 0 bridgehead atoms. The highest BCUT2D eigenvalue weighted by molar-refractivity contribution is 7.99. The Morgan fingerprint density at radius 2 is 2.00 bits per heavy atom. The second kappa shape index (κ2) is 10.2. The molecule has 0 saturated carbocycles. The van der Waals surface area contributed by atoms with Crippen LogP contribution in [0, 0.1) is 0 Å². The summed E-state index contributed by atoms with van der Waals surface area (Å²) in [6, 6.07) is 2.10. The summed E-state index contributed by atoms with van der Waals surface area (Å²) >= 11 is 8.17. The van der Waals surface area contributed by atoms with Gasteiger partial charge in [-0.05, 0) is 30.7 Å². The number of pyridine rings is 1. The third-order valence-corrected chi connectivity index (χ3v) is 8.11. The largest absolute Gasteiger partial charge is 0.382 e. The molecule has 2 fully saturated rings. The van der Waals surface area contributed by atoms with Gasteiger partial charge in [-0.15, -0.1) is 0 Å². The molecule has 6 rings (SSSR count). The van der Waals surface area contributed by atoms with Crippen LogP contribution in [0.15, 0.2) is 22.3 Å². The second-order valence-corrected chi connectivity index (χ2v) is 10.9. The summed E-state index contributed by atoms with van der Waals surface area (Å²) in [5, 5.41) is 5.50. The highest BCUT2D eigenvalue weighted by Crippen LogP contribution is 2.37. The highest BCUT2D eigenvalue weighted by atomic mass is 35.5. The molecule has 4 aromatic heterocycles. The van der Waals surface area contributed by atoms with Crippen LogP contribution in [0.25, 0.3) is 22.1 Å². The van der Waals surface area contributed by atoms with E-state index < -0.39 is 0 Å². The fourth-order valence-electron chi connectivity index (χ4n) is 4.94. The van der Waals surface area contributed by atoms with Gasteiger partial charge < -0.3 is 26.7 Å². The molecule has 2 saturated heterocycles. The molecule has 0 aromatic carbocycles. The fraction of sp³-hybridized carbons (Fsp3) is 0.458. The molecular formula is C24H30ClN11S. The quantitative estimate of drug-likeness (QED) is 0.267. The van der Waals surface area contributed by atoms with Gasteiger partial charge in [-0.1, -0.05) is 18.5 Å². The number of nitrogen functional groups attached to an aromatic ring is 1. The molecule has 0 unspecified atom stereocenters. The van der Waals surface area contributed by atoms with Crippen LogP contribution in [0.1, 0.15) is 24.9 Å². The summed E-state index contributed by atoms with van der Waals surface area (Å²) in [6.45, 7) is 8.15. The third kappa shape index (κ3) is 4.91. The topological polar surface area (TPSA) is 151 Å². The minimum atomic E-state index is 0.120. The summed E-state index contributed by atoms with van der Waals surface area (Å²) in [4.78, 5) is 32.4. The van der Waals surface area contributed by atoms with Crippen LogP contribution in [0.5, 0.6) is 0 Å². The molecular weight excluding hydrogens is 510 g/mol. The van der Waals surface area contributed by atoms with E-state index in [1.54, 1.807) is 6.20 Å². The second-order valence-electron chi connectivity index (χ2n) is 9.51. The third-order valence-electron chi connectivity index (χ3n) is 6.87. The van der Waals surface area contributed by atoms with E-state index in [-0.39, 0.29) is 6.04 Å². The Bertz CT molecular complexity index is 1450. The van der Waals surface area contributed by atoms with Gasteiger partial charge in [0.05, 0.1) is 22.5 Å². The number of rotatable bonds is 6. The Labute approximate surface area is 223 Å². The Kier molecular flexibility index (Phi) is 6.76. The molecule has 37 heavy (non-hydrogen) atoms. The van der Waals surface area contributed by atoms with Gasteiger partial charge in [-0.2, -0.15) is 0 Å².